The Morgan fingerprint density at radius 2 is 1.57 bits per heavy atom. The maximum atomic E-state index is 11.4. The average molecular weight is 374 g/mol. The van der Waals surface area contributed by atoms with Crippen molar-refractivity contribution in [3.63, 3.8) is 0 Å². The molecule has 2 N–H and O–H groups in total. The third-order valence-electron chi connectivity index (χ3n) is 4.72. The lowest BCUT2D eigenvalue weighted by Crippen LogP contribution is -2.20. The fourth-order valence-electron chi connectivity index (χ4n) is 3.43. The fourth-order valence-corrected chi connectivity index (χ4v) is 3.43. The molecule has 28 heavy (non-hydrogen) atoms. The topological polar surface area (TPSA) is 65.2 Å². The largest absolute Gasteiger partial charge is 0.487 e. The van der Waals surface area contributed by atoms with Gasteiger partial charge in [0.05, 0.1) is 5.69 Å². The van der Waals surface area contributed by atoms with Crippen molar-refractivity contribution in [2.75, 3.05) is 0 Å². The van der Waals surface area contributed by atoms with Crippen molar-refractivity contribution in [3.05, 3.63) is 95.3 Å². The van der Waals surface area contributed by atoms with E-state index in [0.29, 0.717) is 12.2 Å². The van der Waals surface area contributed by atoms with Gasteiger partial charge in [-0.2, -0.15) is 0 Å². The zero-order valence-electron chi connectivity index (χ0n) is 16.6. The SMILES string of the molecule is CC(C)(C)C(c1ccc(OCc2ccccn2)cc1)c1ccc(C(N)=O)cc1. The summed E-state index contributed by atoms with van der Waals surface area (Å²) in [6.45, 7) is 7.08. The molecular formula is C24H26N2O2. The van der Waals surface area contributed by atoms with Gasteiger partial charge in [-0.25, -0.2) is 0 Å². The van der Waals surface area contributed by atoms with E-state index >= 15 is 0 Å². The number of ether oxygens (including phenoxy) is 1. The number of nitrogens with two attached hydrogens (primary N) is 1. The predicted octanol–water partition coefficient (Wildman–Crippen LogP) is 4.94. The highest BCUT2D eigenvalue weighted by molar-refractivity contribution is 5.92. The van der Waals surface area contributed by atoms with Gasteiger partial charge >= 0.3 is 0 Å². The fraction of sp³-hybridized carbons (Fsp3) is 0.250. The Morgan fingerprint density at radius 1 is 0.964 bits per heavy atom. The van der Waals surface area contributed by atoms with E-state index in [2.05, 4.69) is 37.9 Å². The van der Waals surface area contributed by atoms with Crippen molar-refractivity contribution in [1.82, 2.24) is 4.98 Å². The molecule has 4 nitrogen and oxygen atoms in total. The van der Waals surface area contributed by atoms with Crippen molar-refractivity contribution in [2.45, 2.75) is 33.3 Å². The molecule has 0 fully saturated rings. The van der Waals surface area contributed by atoms with Gasteiger partial charge in [0.2, 0.25) is 5.91 Å². The molecule has 3 aromatic rings. The lowest BCUT2D eigenvalue weighted by molar-refractivity contribution is 0.100. The third-order valence-corrected chi connectivity index (χ3v) is 4.72. The van der Waals surface area contributed by atoms with E-state index in [9.17, 15) is 4.79 Å². The standard InChI is InChI=1S/C24H26N2O2/c1-24(2,3)22(17-7-9-19(10-8-17)23(25)27)18-11-13-21(14-12-18)28-16-20-6-4-5-15-26-20/h4-15,22H,16H2,1-3H3,(H2,25,27). The molecule has 1 aromatic heterocycles. The molecule has 4 heteroatoms. The van der Waals surface area contributed by atoms with E-state index in [4.69, 9.17) is 10.5 Å². The minimum Gasteiger partial charge on any atom is -0.487 e. The molecule has 0 aliphatic rings. The number of benzene rings is 2. The highest BCUT2D eigenvalue weighted by Crippen LogP contribution is 2.41. The van der Waals surface area contributed by atoms with Gasteiger partial charge < -0.3 is 10.5 Å². The number of amides is 1. The number of hydrogen-bond donors (Lipinski definition) is 1. The summed E-state index contributed by atoms with van der Waals surface area (Å²) in [5, 5.41) is 0. The van der Waals surface area contributed by atoms with Crippen LogP contribution in [0, 0.1) is 5.41 Å². The number of carbonyl (C=O) groups excluding carboxylic acids is 1. The summed E-state index contributed by atoms with van der Waals surface area (Å²) in [5.41, 5.74) is 9.14. The van der Waals surface area contributed by atoms with Crippen LogP contribution >= 0.6 is 0 Å². The zero-order valence-corrected chi connectivity index (χ0v) is 16.6. The predicted molar refractivity (Wildman–Crippen MR) is 111 cm³/mol. The normalized spacial score (nSPS) is 12.4. The van der Waals surface area contributed by atoms with Crippen LogP contribution < -0.4 is 10.5 Å². The van der Waals surface area contributed by atoms with E-state index in [1.165, 1.54) is 5.56 Å². The molecule has 1 heterocycles. The first-order valence-corrected chi connectivity index (χ1v) is 9.37. The minimum absolute atomic E-state index is 0.00454. The Hall–Kier alpha value is -3.14. The number of pyridine rings is 1. The van der Waals surface area contributed by atoms with Gasteiger partial charge in [-0.15, -0.1) is 0 Å². The molecule has 1 atom stereocenters. The summed E-state index contributed by atoms with van der Waals surface area (Å²) in [4.78, 5) is 15.6. The molecule has 0 saturated carbocycles. The molecule has 0 aliphatic carbocycles. The van der Waals surface area contributed by atoms with Crippen LogP contribution in [0.15, 0.2) is 72.9 Å². The van der Waals surface area contributed by atoms with Crippen molar-refractivity contribution in [2.24, 2.45) is 11.1 Å². The highest BCUT2D eigenvalue weighted by atomic mass is 16.5. The molecular weight excluding hydrogens is 348 g/mol. The van der Waals surface area contributed by atoms with Crippen LogP contribution in [0.1, 0.15) is 53.9 Å². The Bertz CT molecular complexity index is 912. The second-order valence-corrected chi connectivity index (χ2v) is 7.96. The van der Waals surface area contributed by atoms with Gasteiger partial charge in [-0.05, 0) is 52.9 Å². The second-order valence-electron chi connectivity index (χ2n) is 7.96. The third kappa shape index (κ3) is 4.77. The summed E-state index contributed by atoms with van der Waals surface area (Å²) in [6, 6.07) is 21.5. The van der Waals surface area contributed by atoms with Crippen molar-refractivity contribution in [1.29, 1.82) is 0 Å². The van der Waals surface area contributed by atoms with Crippen LogP contribution in [0.3, 0.4) is 0 Å². The van der Waals surface area contributed by atoms with E-state index in [0.717, 1.165) is 17.0 Å². The highest BCUT2D eigenvalue weighted by Gasteiger charge is 2.28. The summed E-state index contributed by atoms with van der Waals surface area (Å²) < 4.78 is 5.85. The molecule has 3 rings (SSSR count). The molecule has 144 valence electrons. The summed E-state index contributed by atoms with van der Waals surface area (Å²) in [6.07, 6.45) is 1.76. The molecule has 1 amide bonds. The van der Waals surface area contributed by atoms with Crippen molar-refractivity contribution < 1.29 is 9.53 Å². The number of rotatable bonds is 6. The van der Waals surface area contributed by atoms with Gasteiger partial charge in [-0.3, -0.25) is 9.78 Å². The monoisotopic (exact) mass is 374 g/mol. The number of hydrogen-bond acceptors (Lipinski definition) is 3. The summed E-state index contributed by atoms with van der Waals surface area (Å²) in [5.74, 6) is 0.582. The number of nitrogens with zero attached hydrogens (tertiary/aromatic N) is 1. The van der Waals surface area contributed by atoms with E-state index in [1.807, 2.05) is 42.5 Å². The number of aromatic nitrogens is 1. The summed E-state index contributed by atoms with van der Waals surface area (Å²) >= 11 is 0. The second kappa shape index (κ2) is 8.26. The number of primary amides is 1. The first-order valence-electron chi connectivity index (χ1n) is 9.37. The van der Waals surface area contributed by atoms with Gasteiger partial charge in [0.15, 0.2) is 0 Å². The van der Waals surface area contributed by atoms with Crippen LogP contribution in [0.5, 0.6) is 5.75 Å². The van der Waals surface area contributed by atoms with Crippen LogP contribution in [0.4, 0.5) is 0 Å². The van der Waals surface area contributed by atoms with Crippen LogP contribution in [-0.4, -0.2) is 10.9 Å². The maximum absolute atomic E-state index is 11.4. The lowest BCUT2D eigenvalue weighted by atomic mass is 9.72. The molecule has 2 aromatic carbocycles. The molecule has 0 aliphatic heterocycles. The van der Waals surface area contributed by atoms with Crippen LogP contribution in [0.25, 0.3) is 0 Å². The van der Waals surface area contributed by atoms with E-state index in [-0.39, 0.29) is 11.3 Å². The number of carbonyl (C=O) groups is 1. The van der Waals surface area contributed by atoms with Crippen molar-refractivity contribution >= 4 is 5.91 Å². The molecule has 0 radical (unpaired) electrons. The molecule has 1 unspecified atom stereocenters. The van der Waals surface area contributed by atoms with Gasteiger partial charge in [0.25, 0.3) is 0 Å². The van der Waals surface area contributed by atoms with Gasteiger partial charge in [0.1, 0.15) is 12.4 Å². The molecule has 0 saturated heterocycles. The van der Waals surface area contributed by atoms with Gasteiger partial charge in [-0.1, -0.05) is 51.1 Å². The quantitative estimate of drug-likeness (QED) is 0.665. The zero-order chi connectivity index (χ0) is 20.1. The minimum atomic E-state index is -0.409. The smallest absolute Gasteiger partial charge is 0.248 e. The van der Waals surface area contributed by atoms with Crippen LogP contribution in [-0.2, 0) is 6.61 Å². The summed E-state index contributed by atoms with van der Waals surface area (Å²) in [7, 11) is 0. The Balaban J connectivity index is 1.80. The molecule has 0 bridgehead atoms. The Labute approximate surface area is 166 Å². The Kier molecular flexibility index (Phi) is 5.78. The van der Waals surface area contributed by atoms with E-state index < -0.39 is 5.91 Å². The Morgan fingerprint density at radius 3 is 2.07 bits per heavy atom. The van der Waals surface area contributed by atoms with Gasteiger partial charge in [0, 0.05) is 17.7 Å². The molecule has 0 spiro atoms. The first-order chi connectivity index (χ1) is 13.3. The maximum Gasteiger partial charge on any atom is 0.248 e. The lowest BCUT2D eigenvalue weighted by Gasteiger charge is -2.32. The van der Waals surface area contributed by atoms with E-state index in [1.54, 1.807) is 18.3 Å². The van der Waals surface area contributed by atoms with Crippen LogP contribution in [0.2, 0.25) is 0 Å². The van der Waals surface area contributed by atoms with Crippen molar-refractivity contribution in [3.8, 4) is 5.75 Å². The first kappa shape index (κ1) is 19.6. The average Bonchev–Trinajstić information content (AvgIpc) is 2.68.